The Bertz CT molecular complexity index is 986. The third kappa shape index (κ3) is 4.98. The lowest BCUT2D eigenvalue weighted by Gasteiger charge is -2.60. The zero-order valence-corrected chi connectivity index (χ0v) is 23.9. The summed E-state index contributed by atoms with van der Waals surface area (Å²) in [5, 5.41) is 15.1. The van der Waals surface area contributed by atoms with E-state index in [9.17, 15) is 9.90 Å². The summed E-state index contributed by atoms with van der Waals surface area (Å²) < 4.78 is 6.38. The monoisotopic (exact) mass is 521 g/mol. The molecular formula is C34H51NO3. The van der Waals surface area contributed by atoms with E-state index in [-0.39, 0.29) is 11.5 Å². The lowest BCUT2D eigenvalue weighted by Crippen LogP contribution is -2.55. The number of fused-ring (bicyclic) bond motifs is 5. The molecule has 5 aliphatic carbocycles. The van der Waals surface area contributed by atoms with E-state index in [1.165, 1.54) is 56.9 Å². The third-order valence-electron chi connectivity index (χ3n) is 12.5. The first-order valence-electron chi connectivity index (χ1n) is 16.0. The Morgan fingerprint density at radius 3 is 2.68 bits per heavy atom. The van der Waals surface area contributed by atoms with E-state index in [4.69, 9.17) is 4.74 Å². The number of nitrogens with one attached hydrogen (secondary N) is 1. The van der Waals surface area contributed by atoms with Crippen molar-refractivity contribution in [2.24, 2.45) is 40.4 Å². The standard InChI is InChI=1S/C34H51NO3/c1-23-6-9-26(10-7-23)35-22-24-4-3-5-28(20-24)38-19-18-34-17-15-30-29(31(34)12-13-32(34)37)11-8-25-21-27(36)14-16-33(25,30)2/h3-5,20,23,25-26,29-32,35,37H,6-19,21-22H2,1-2H3/t23-,25?,26+,29?,30?,31?,32-,33-,34+/m0/s1. The van der Waals surface area contributed by atoms with Gasteiger partial charge in [0.05, 0.1) is 12.7 Å². The molecule has 5 fully saturated rings. The molecule has 7 atom stereocenters. The van der Waals surface area contributed by atoms with Crippen LogP contribution in [-0.2, 0) is 11.3 Å². The van der Waals surface area contributed by atoms with Gasteiger partial charge in [-0.2, -0.15) is 0 Å². The van der Waals surface area contributed by atoms with Crippen LogP contribution >= 0.6 is 0 Å². The van der Waals surface area contributed by atoms with Crippen LogP contribution in [0.1, 0.15) is 109 Å². The molecule has 4 heteroatoms. The molecule has 6 rings (SSSR count). The van der Waals surface area contributed by atoms with Crippen molar-refractivity contribution in [1.82, 2.24) is 5.32 Å². The van der Waals surface area contributed by atoms with E-state index >= 15 is 0 Å². The number of rotatable bonds is 7. The molecule has 4 nitrogen and oxygen atoms in total. The maximum atomic E-state index is 12.2. The highest BCUT2D eigenvalue weighted by Crippen LogP contribution is 2.66. The summed E-state index contributed by atoms with van der Waals surface area (Å²) >= 11 is 0. The fourth-order valence-electron chi connectivity index (χ4n) is 10.1. The van der Waals surface area contributed by atoms with Gasteiger partial charge in [0, 0.05) is 30.8 Å². The molecule has 210 valence electrons. The van der Waals surface area contributed by atoms with Gasteiger partial charge in [-0.3, -0.25) is 4.79 Å². The number of ketones is 1. The molecule has 4 unspecified atom stereocenters. The Balaban J connectivity index is 1.07. The number of aliphatic hydroxyl groups excluding tert-OH is 1. The Kier molecular flexibility index (Phi) is 7.68. The minimum atomic E-state index is -0.191. The van der Waals surface area contributed by atoms with Crippen LogP contribution in [0.5, 0.6) is 5.75 Å². The molecule has 0 bridgehead atoms. The van der Waals surface area contributed by atoms with Gasteiger partial charge in [0.15, 0.2) is 0 Å². The highest BCUT2D eigenvalue weighted by molar-refractivity contribution is 5.79. The van der Waals surface area contributed by atoms with Crippen LogP contribution in [0.25, 0.3) is 0 Å². The highest BCUT2D eigenvalue weighted by atomic mass is 16.5. The first-order valence-corrected chi connectivity index (χ1v) is 16.0. The van der Waals surface area contributed by atoms with Crippen LogP contribution in [0.2, 0.25) is 0 Å². The predicted molar refractivity (Wildman–Crippen MR) is 152 cm³/mol. The smallest absolute Gasteiger partial charge is 0.133 e. The zero-order chi connectivity index (χ0) is 26.3. The van der Waals surface area contributed by atoms with E-state index in [1.54, 1.807) is 0 Å². The van der Waals surface area contributed by atoms with Gasteiger partial charge in [-0.1, -0.05) is 26.0 Å². The molecule has 0 amide bonds. The normalized spacial score (nSPS) is 42.7. The van der Waals surface area contributed by atoms with Crippen molar-refractivity contribution in [1.29, 1.82) is 0 Å². The number of hydrogen-bond acceptors (Lipinski definition) is 4. The average molecular weight is 522 g/mol. The minimum absolute atomic E-state index is 0.0200. The Labute approximate surface area is 230 Å². The molecular weight excluding hydrogens is 470 g/mol. The van der Waals surface area contributed by atoms with E-state index in [0.29, 0.717) is 41.6 Å². The minimum Gasteiger partial charge on any atom is -0.494 e. The molecule has 0 aliphatic heterocycles. The number of aliphatic hydroxyl groups is 1. The number of ether oxygens (including phenoxy) is 1. The van der Waals surface area contributed by atoms with Gasteiger partial charge in [-0.15, -0.1) is 0 Å². The summed E-state index contributed by atoms with van der Waals surface area (Å²) in [6.45, 7) is 6.49. The highest BCUT2D eigenvalue weighted by Gasteiger charge is 2.61. The van der Waals surface area contributed by atoms with Crippen LogP contribution in [0.15, 0.2) is 24.3 Å². The van der Waals surface area contributed by atoms with Gasteiger partial charge in [0.25, 0.3) is 0 Å². The maximum absolute atomic E-state index is 12.2. The van der Waals surface area contributed by atoms with Crippen molar-refractivity contribution in [3.05, 3.63) is 29.8 Å². The van der Waals surface area contributed by atoms with Crippen LogP contribution in [0, 0.1) is 40.4 Å². The predicted octanol–water partition coefficient (Wildman–Crippen LogP) is 7.08. The second-order valence-electron chi connectivity index (χ2n) is 14.3. The van der Waals surface area contributed by atoms with Crippen molar-refractivity contribution < 1.29 is 14.6 Å². The van der Waals surface area contributed by atoms with Gasteiger partial charge in [-0.25, -0.2) is 0 Å². The fraction of sp³-hybridized carbons (Fsp3) is 0.794. The number of carbonyl (C=O) groups is 1. The first kappa shape index (κ1) is 26.8. The summed E-state index contributed by atoms with van der Waals surface area (Å²) in [6.07, 6.45) is 15.7. The van der Waals surface area contributed by atoms with Gasteiger partial charge in [-0.05, 0) is 130 Å². The van der Waals surface area contributed by atoms with E-state index in [1.807, 2.05) is 0 Å². The molecule has 0 aromatic heterocycles. The second kappa shape index (κ2) is 10.9. The number of Topliss-reactive ketones (excluding diaryl/α,β-unsaturated/α-hetero) is 1. The van der Waals surface area contributed by atoms with Gasteiger partial charge in [0.2, 0.25) is 0 Å². The van der Waals surface area contributed by atoms with Gasteiger partial charge >= 0.3 is 0 Å². The van der Waals surface area contributed by atoms with Crippen molar-refractivity contribution in [2.45, 2.75) is 122 Å². The average Bonchev–Trinajstić information content (AvgIpc) is 3.25. The van der Waals surface area contributed by atoms with E-state index < -0.39 is 0 Å². The lowest BCUT2D eigenvalue weighted by molar-refractivity contribution is -0.145. The molecule has 38 heavy (non-hydrogen) atoms. The van der Waals surface area contributed by atoms with Crippen LogP contribution in [0.4, 0.5) is 0 Å². The summed E-state index contributed by atoms with van der Waals surface area (Å²) in [7, 11) is 0. The molecule has 0 radical (unpaired) electrons. The molecule has 5 saturated carbocycles. The first-order chi connectivity index (χ1) is 18.4. The zero-order valence-electron chi connectivity index (χ0n) is 23.9. The lowest BCUT2D eigenvalue weighted by atomic mass is 9.44. The van der Waals surface area contributed by atoms with Crippen LogP contribution in [-0.4, -0.2) is 29.6 Å². The quantitative estimate of drug-likeness (QED) is 0.403. The number of carbonyl (C=O) groups excluding carboxylic acids is 1. The van der Waals surface area contributed by atoms with Crippen molar-refractivity contribution in [3.63, 3.8) is 0 Å². The van der Waals surface area contributed by atoms with Crippen molar-refractivity contribution in [3.8, 4) is 5.75 Å². The number of hydrogen-bond donors (Lipinski definition) is 2. The van der Waals surface area contributed by atoms with Crippen LogP contribution < -0.4 is 10.1 Å². The molecule has 0 heterocycles. The van der Waals surface area contributed by atoms with E-state index in [0.717, 1.165) is 62.7 Å². The van der Waals surface area contributed by atoms with Gasteiger partial charge in [0.1, 0.15) is 11.5 Å². The topological polar surface area (TPSA) is 58.6 Å². The third-order valence-corrected chi connectivity index (χ3v) is 12.5. The van der Waals surface area contributed by atoms with Crippen LogP contribution in [0.3, 0.4) is 0 Å². The van der Waals surface area contributed by atoms with E-state index in [2.05, 4.69) is 43.4 Å². The van der Waals surface area contributed by atoms with Gasteiger partial charge < -0.3 is 15.2 Å². The fourth-order valence-corrected chi connectivity index (χ4v) is 10.1. The van der Waals surface area contributed by atoms with Crippen molar-refractivity contribution >= 4 is 5.78 Å². The molecule has 0 saturated heterocycles. The summed E-state index contributed by atoms with van der Waals surface area (Å²) in [6, 6.07) is 9.28. The molecule has 2 N–H and O–H groups in total. The Morgan fingerprint density at radius 2 is 1.84 bits per heavy atom. The molecule has 5 aliphatic rings. The SMILES string of the molecule is C[C@]12CCC(=O)CC1CCC1C2CC[C@@]2(CCOc3cccc(CN[C@H]4CC[C@@H](C)CC4)c3)C1CC[C@@H]2O. The van der Waals surface area contributed by atoms with Crippen molar-refractivity contribution in [2.75, 3.05) is 6.61 Å². The Hall–Kier alpha value is -1.39. The second-order valence-corrected chi connectivity index (χ2v) is 14.3. The Morgan fingerprint density at radius 1 is 1.00 bits per heavy atom. The maximum Gasteiger partial charge on any atom is 0.133 e. The summed E-state index contributed by atoms with van der Waals surface area (Å²) in [5.41, 5.74) is 1.65. The molecule has 1 aromatic carbocycles. The number of benzene rings is 1. The molecule has 1 aromatic rings. The summed E-state index contributed by atoms with van der Waals surface area (Å²) in [5.74, 6) is 5.00. The molecule has 0 spiro atoms. The summed E-state index contributed by atoms with van der Waals surface area (Å²) in [4.78, 5) is 12.2. The largest absolute Gasteiger partial charge is 0.494 e.